The van der Waals surface area contributed by atoms with E-state index in [1.54, 1.807) is 6.92 Å². The number of carbonyl (C=O) groups is 3. The summed E-state index contributed by atoms with van der Waals surface area (Å²) >= 11 is 0. The third-order valence-corrected chi connectivity index (χ3v) is 3.45. The second-order valence-corrected chi connectivity index (χ2v) is 5.08. The lowest BCUT2D eigenvalue weighted by Gasteiger charge is -2.41. The molecule has 1 aliphatic rings. The lowest BCUT2D eigenvalue weighted by Crippen LogP contribution is -2.63. The number of hydrogen-bond donors (Lipinski definition) is 2. The van der Waals surface area contributed by atoms with Gasteiger partial charge in [-0.2, -0.15) is 0 Å². The molecule has 0 aromatic heterocycles. The summed E-state index contributed by atoms with van der Waals surface area (Å²) in [4.78, 5) is 37.7. The average Bonchev–Trinajstić information content (AvgIpc) is 2.38. The molecule has 1 unspecified atom stereocenters. The molecule has 0 spiro atoms. The van der Waals surface area contributed by atoms with Crippen molar-refractivity contribution in [3.63, 3.8) is 0 Å². The zero-order chi connectivity index (χ0) is 15.5. The van der Waals surface area contributed by atoms with Gasteiger partial charge in [-0.1, -0.05) is 0 Å². The van der Waals surface area contributed by atoms with Crippen LogP contribution in [0.3, 0.4) is 0 Å². The maximum Gasteiger partial charge on any atom is 0.329 e. The van der Waals surface area contributed by atoms with E-state index in [2.05, 4.69) is 0 Å². The van der Waals surface area contributed by atoms with E-state index in [-0.39, 0.29) is 19.7 Å². The molecule has 1 heterocycles. The third kappa shape index (κ3) is 3.01. The van der Waals surface area contributed by atoms with E-state index >= 15 is 0 Å². The van der Waals surface area contributed by atoms with Crippen LogP contribution in [-0.4, -0.2) is 70.7 Å². The Hall–Kier alpha value is -1.83. The number of likely N-dealkylation sites (N-methyl/N-ethyl adjacent to an activating group) is 1. The largest absolute Gasteiger partial charge is 0.480 e. The maximum absolute atomic E-state index is 12.5. The SMILES string of the molecule is CCN(C(=O)N1CCOCC1C(N)=O)C(C)(C)C(=O)O. The van der Waals surface area contributed by atoms with Crippen molar-refractivity contribution < 1.29 is 24.2 Å². The first-order chi connectivity index (χ1) is 9.23. The number of nitrogens with two attached hydrogens (primary N) is 1. The average molecular weight is 287 g/mol. The van der Waals surface area contributed by atoms with Gasteiger partial charge in [-0.15, -0.1) is 0 Å². The highest BCUT2D eigenvalue weighted by atomic mass is 16.5. The number of urea groups is 1. The van der Waals surface area contributed by atoms with E-state index in [0.29, 0.717) is 6.61 Å². The van der Waals surface area contributed by atoms with Gasteiger partial charge in [0.25, 0.3) is 0 Å². The fraction of sp³-hybridized carbons (Fsp3) is 0.750. The molecule has 0 aromatic rings. The predicted molar refractivity (Wildman–Crippen MR) is 70.0 cm³/mol. The Balaban J connectivity index is 3.00. The monoisotopic (exact) mass is 287 g/mol. The minimum atomic E-state index is -1.37. The van der Waals surface area contributed by atoms with Gasteiger partial charge in [-0.05, 0) is 20.8 Å². The molecule has 1 fully saturated rings. The second-order valence-electron chi connectivity index (χ2n) is 5.08. The Labute approximate surface area is 117 Å². The highest BCUT2D eigenvalue weighted by Gasteiger charge is 2.42. The van der Waals surface area contributed by atoms with Crippen LogP contribution in [0.1, 0.15) is 20.8 Å². The molecule has 114 valence electrons. The Bertz CT molecular complexity index is 410. The quantitative estimate of drug-likeness (QED) is 0.722. The van der Waals surface area contributed by atoms with Gasteiger partial charge in [0, 0.05) is 13.1 Å². The second kappa shape index (κ2) is 6.08. The number of carbonyl (C=O) groups excluding carboxylic acids is 2. The maximum atomic E-state index is 12.5. The number of morpholine rings is 1. The Morgan fingerprint density at radius 2 is 2.05 bits per heavy atom. The van der Waals surface area contributed by atoms with Crippen LogP contribution < -0.4 is 5.73 Å². The summed E-state index contributed by atoms with van der Waals surface area (Å²) in [5, 5.41) is 9.24. The van der Waals surface area contributed by atoms with E-state index in [1.165, 1.54) is 23.6 Å². The molecule has 0 radical (unpaired) electrons. The lowest BCUT2D eigenvalue weighted by atomic mass is 10.0. The molecule has 0 aromatic carbocycles. The molecule has 0 bridgehead atoms. The fourth-order valence-corrected chi connectivity index (χ4v) is 2.11. The molecule has 1 saturated heterocycles. The number of primary amides is 1. The molecule has 3 amide bonds. The molecule has 20 heavy (non-hydrogen) atoms. The third-order valence-electron chi connectivity index (χ3n) is 3.45. The van der Waals surface area contributed by atoms with Gasteiger partial charge in [0.2, 0.25) is 5.91 Å². The van der Waals surface area contributed by atoms with Crippen LogP contribution in [0.5, 0.6) is 0 Å². The zero-order valence-electron chi connectivity index (χ0n) is 12.0. The van der Waals surface area contributed by atoms with Gasteiger partial charge >= 0.3 is 12.0 Å². The van der Waals surface area contributed by atoms with E-state index in [0.717, 1.165) is 0 Å². The van der Waals surface area contributed by atoms with Gasteiger partial charge in [0.15, 0.2) is 0 Å². The number of ether oxygens (including phenoxy) is 1. The molecule has 0 saturated carbocycles. The molecule has 1 rings (SSSR count). The molecule has 0 aliphatic carbocycles. The summed E-state index contributed by atoms with van der Waals surface area (Å²) < 4.78 is 5.14. The molecule has 8 nitrogen and oxygen atoms in total. The molecule has 8 heteroatoms. The van der Waals surface area contributed by atoms with E-state index < -0.39 is 29.5 Å². The van der Waals surface area contributed by atoms with Crippen molar-refractivity contribution in [2.45, 2.75) is 32.4 Å². The Kier molecular flexibility index (Phi) is 4.93. The van der Waals surface area contributed by atoms with Crippen molar-refractivity contribution in [2.75, 3.05) is 26.3 Å². The summed E-state index contributed by atoms with van der Waals surface area (Å²) in [6, 6.07) is -1.39. The van der Waals surface area contributed by atoms with E-state index in [1.807, 2.05) is 0 Å². The Morgan fingerprint density at radius 1 is 1.45 bits per heavy atom. The first-order valence-corrected chi connectivity index (χ1v) is 6.42. The van der Waals surface area contributed by atoms with Crippen LogP contribution in [0, 0.1) is 0 Å². The van der Waals surface area contributed by atoms with Gasteiger partial charge in [-0.25, -0.2) is 9.59 Å². The number of hydrogen-bond acceptors (Lipinski definition) is 4. The predicted octanol–water partition coefficient (Wildman–Crippen LogP) is -0.522. The number of carboxylic acids is 1. The van der Waals surface area contributed by atoms with Crippen LogP contribution in [0.2, 0.25) is 0 Å². The summed E-state index contributed by atoms with van der Waals surface area (Å²) in [5.74, 6) is -1.78. The highest BCUT2D eigenvalue weighted by Crippen LogP contribution is 2.19. The molecule has 1 atom stereocenters. The Morgan fingerprint density at radius 3 is 2.50 bits per heavy atom. The molecule has 3 N–H and O–H groups in total. The number of nitrogens with zero attached hydrogens (tertiary/aromatic N) is 2. The molecule has 1 aliphatic heterocycles. The van der Waals surface area contributed by atoms with Crippen LogP contribution in [-0.2, 0) is 14.3 Å². The van der Waals surface area contributed by atoms with Crippen LogP contribution in [0.25, 0.3) is 0 Å². The molecular weight excluding hydrogens is 266 g/mol. The van der Waals surface area contributed by atoms with Gasteiger partial charge in [-0.3, -0.25) is 4.79 Å². The standard InChI is InChI=1S/C12H21N3O5/c1-4-15(12(2,3)10(17)18)11(19)14-5-6-20-7-8(14)9(13)16/h8H,4-7H2,1-3H3,(H2,13,16)(H,17,18). The van der Waals surface area contributed by atoms with E-state index in [4.69, 9.17) is 10.5 Å². The zero-order valence-corrected chi connectivity index (χ0v) is 12.0. The number of aliphatic carboxylic acids is 1. The van der Waals surface area contributed by atoms with E-state index in [9.17, 15) is 19.5 Å². The highest BCUT2D eigenvalue weighted by molar-refractivity contribution is 5.89. The topological polar surface area (TPSA) is 113 Å². The first-order valence-electron chi connectivity index (χ1n) is 6.42. The number of amides is 3. The van der Waals surface area contributed by atoms with Gasteiger partial charge in [0.1, 0.15) is 11.6 Å². The van der Waals surface area contributed by atoms with Crippen molar-refractivity contribution in [3.05, 3.63) is 0 Å². The first kappa shape index (κ1) is 16.2. The summed E-state index contributed by atoms with van der Waals surface area (Å²) in [7, 11) is 0. The normalized spacial score (nSPS) is 19.6. The van der Waals surface area contributed by atoms with Crippen molar-refractivity contribution in [1.82, 2.24) is 9.80 Å². The minimum absolute atomic E-state index is 0.0339. The van der Waals surface area contributed by atoms with Gasteiger partial charge < -0.3 is 25.4 Å². The minimum Gasteiger partial charge on any atom is -0.480 e. The fourth-order valence-electron chi connectivity index (χ4n) is 2.11. The summed E-state index contributed by atoms with van der Waals surface area (Å²) in [6.07, 6.45) is 0. The lowest BCUT2D eigenvalue weighted by molar-refractivity contribution is -0.148. The van der Waals surface area contributed by atoms with Crippen molar-refractivity contribution in [1.29, 1.82) is 0 Å². The van der Waals surface area contributed by atoms with Crippen molar-refractivity contribution in [3.8, 4) is 0 Å². The van der Waals surface area contributed by atoms with Crippen molar-refractivity contribution in [2.24, 2.45) is 5.73 Å². The molecular formula is C12H21N3O5. The number of carboxylic acid groups (broad SMARTS) is 1. The number of rotatable bonds is 4. The van der Waals surface area contributed by atoms with Gasteiger partial charge in [0.05, 0.1) is 13.2 Å². The van der Waals surface area contributed by atoms with Crippen LogP contribution >= 0.6 is 0 Å². The summed E-state index contributed by atoms with van der Waals surface area (Å²) in [6.45, 7) is 5.31. The smallest absolute Gasteiger partial charge is 0.329 e. The van der Waals surface area contributed by atoms with Crippen LogP contribution in [0.15, 0.2) is 0 Å². The van der Waals surface area contributed by atoms with Crippen molar-refractivity contribution >= 4 is 17.9 Å². The van der Waals surface area contributed by atoms with Crippen LogP contribution in [0.4, 0.5) is 4.79 Å². The summed E-state index contributed by atoms with van der Waals surface area (Å²) in [5.41, 5.74) is 3.89.